The molecule has 0 unspecified atom stereocenters. The molecule has 54 heavy (non-hydrogen) atoms. The van der Waals surface area contributed by atoms with Gasteiger partial charge in [0.25, 0.3) is 0 Å². The fourth-order valence-corrected chi connectivity index (χ4v) is 5.72. The summed E-state index contributed by atoms with van der Waals surface area (Å²) < 4.78 is 270. The maximum Gasteiger partial charge on any atom is 0.598 e. The average molecular weight is 805 g/mol. The predicted molar refractivity (Wildman–Crippen MR) is 157 cm³/mol. The van der Waals surface area contributed by atoms with E-state index in [1.807, 2.05) is 0 Å². The van der Waals surface area contributed by atoms with E-state index in [9.17, 15) is 79.0 Å². The van der Waals surface area contributed by atoms with Crippen LogP contribution in [0.3, 0.4) is 0 Å². The summed E-state index contributed by atoms with van der Waals surface area (Å²) in [7, 11) is -1.74. The summed E-state index contributed by atoms with van der Waals surface area (Å²) >= 11 is 0. The Balaban J connectivity index is 2.33. The smallest absolute Gasteiger partial charge is 0.384 e. The Hall–Kier alpha value is -3.75. The molecule has 0 atom stereocenters. The van der Waals surface area contributed by atoms with Crippen molar-refractivity contribution in [3.63, 3.8) is 0 Å². The molecule has 0 saturated carbocycles. The highest BCUT2D eigenvalue weighted by atomic mass is 19.4. The lowest BCUT2D eigenvalue weighted by molar-refractivity contribution is -0.149. The second kappa shape index (κ2) is 13.2. The van der Waals surface area contributed by atoms with Gasteiger partial charge >= 0.3 is 44.3 Å². The van der Waals surface area contributed by atoms with Crippen LogP contribution in [0.5, 0.6) is 0 Å². The van der Waals surface area contributed by atoms with E-state index >= 15 is 0 Å². The number of nitrogens with zero attached hydrogens (tertiary/aromatic N) is 1. The molecule has 2 aromatic rings. The fraction of sp³-hybridized carbons (Fsp3) is 0.419. The van der Waals surface area contributed by atoms with E-state index in [1.54, 1.807) is 0 Å². The van der Waals surface area contributed by atoms with Crippen LogP contribution < -0.4 is 10.9 Å². The third-order valence-electron chi connectivity index (χ3n) is 8.91. The summed E-state index contributed by atoms with van der Waals surface area (Å²) in [5.74, 6) is -0.00180. The van der Waals surface area contributed by atoms with Gasteiger partial charge in [-0.15, -0.1) is 0 Å². The van der Waals surface area contributed by atoms with Crippen LogP contribution in [0.25, 0.3) is 0 Å². The van der Waals surface area contributed by atoms with Gasteiger partial charge in [-0.3, -0.25) is 0 Å². The van der Waals surface area contributed by atoms with E-state index in [-0.39, 0.29) is 11.7 Å². The van der Waals surface area contributed by atoms with Crippen LogP contribution in [0.2, 0.25) is 0 Å². The minimum atomic E-state index is -6.36. The van der Waals surface area contributed by atoms with Gasteiger partial charge in [0, 0.05) is 11.4 Å². The number of hydrogen-bond acceptors (Lipinski definition) is 3. The quantitative estimate of drug-likeness (QED) is 0.227. The summed E-state index contributed by atoms with van der Waals surface area (Å²) in [6, 6.07) is -3.80. The maximum atomic E-state index is 14.7. The molecule has 0 bridgehead atoms. The molecule has 2 aliphatic rings. The molecule has 0 N–H and O–H groups in total. The van der Waals surface area contributed by atoms with Gasteiger partial charge in [0.15, 0.2) is 0 Å². The summed E-state index contributed by atoms with van der Waals surface area (Å²) in [5, 5.41) is 0. The lowest BCUT2D eigenvalue weighted by Gasteiger charge is -2.33. The van der Waals surface area contributed by atoms with Crippen molar-refractivity contribution in [1.29, 1.82) is 0 Å². The van der Waals surface area contributed by atoms with Crippen LogP contribution in [0.1, 0.15) is 68.0 Å². The van der Waals surface area contributed by atoms with E-state index in [2.05, 4.69) is 0 Å². The minimum absolute atomic E-state index is 0.00180. The minimum Gasteiger partial charge on any atom is -0.384 e. The van der Waals surface area contributed by atoms with Gasteiger partial charge in [0.05, 0.1) is 44.6 Å². The molecule has 0 aromatic heterocycles. The molecule has 0 amide bonds. The molecule has 3 nitrogen and oxygen atoms in total. The van der Waals surface area contributed by atoms with Crippen molar-refractivity contribution in [2.45, 2.75) is 82.9 Å². The molecule has 2 aromatic carbocycles. The van der Waals surface area contributed by atoms with Crippen LogP contribution >= 0.6 is 0 Å². The normalized spacial score (nSPS) is 19.2. The van der Waals surface area contributed by atoms with Crippen molar-refractivity contribution in [1.82, 2.24) is 4.81 Å². The van der Waals surface area contributed by atoms with Gasteiger partial charge in [-0.05, 0) is 82.0 Å². The molecule has 2 heterocycles. The van der Waals surface area contributed by atoms with Crippen LogP contribution in [-0.4, -0.2) is 30.0 Å². The molecular weight excluding hydrogens is 782 g/mol. The van der Waals surface area contributed by atoms with E-state index < -0.39 is 136 Å². The van der Waals surface area contributed by atoms with Gasteiger partial charge in [-0.2, -0.15) is 79.0 Å². The zero-order valence-corrected chi connectivity index (χ0v) is 27.8. The Morgan fingerprint density at radius 3 is 1.15 bits per heavy atom. The fourth-order valence-electron chi connectivity index (χ4n) is 5.72. The first-order valence-electron chi connectivity index (χ1n) is 15.0. The summed E-state index contributed by atoms with van der Waals surface area (Å²) in [6.07, 6.45) is -34.4. The number of allylic oxidation sites excluding steroid dienone is 4. The number of hydrogen-bond donors (Lipinski definition) is 0. The third kappa shape index (κ3) is 8.40. The molecule has 1 saturated heterocycles. The number of alkyl halides is 18. The zero-order chi connectivity index (χ0) is 41.6. The molecule has 1 fully saturated rings. The second-order valence-corrected chi connectivity index (χ2v) is 13.1. The largest absolute Gasteiger partial charge is 0.598 e. The summed E-state index contributed by atoms with van der Waals surface area (Å²) in [4.78, 5) is 0.804. The number of rotatable bonds is 4. The Morgan fingerprint density at radius 1 is 0.556 bits per heavy atom. The van der Waals surface area contributed by atoms with Gasteiger partial charge in [0.2, 0.25) is 6.71 Å². The highest BCUT2D eigenvalue weighted by Gasteiger charge is 2.56. The number of benzene rings is 2. The average Bonchev–Trinajstić information content (AvgIpc) is 3.17. The van der Waals surface area contributed by atoms with Gasteiger partial charge in [0.1, 0.15) is 0 Å². The first-order chi connectivity index (χ1) is 24.0. The standard InChI is InChI=1S/C31H23B2F18NO2/c1-14-7-6-8-17(52(14)33-53-24(2,3)25(4,5)54-33)13-32(22-18(28(40,41)42)9-15(26(34,35)36)10-19(22)29(43,44)45)23-20(30(46,47)48)11-16(27(37,38)39)12-21(23)31(49,50)51/h6-13H,1-5H3/b17-13+. The number of halogens is 18. The first kappa shape index (κ1) is 43.0. The highest BCUT2D eigenvalue weighted by Crippen LogP contribution is 2.44. The predicted octanol–water partition coefficient (Wildman–Crippen LogP) is 10.2. The second-order valence-electron chi connectivity index (χ2n) is 13.1. The van der Waals surface area contributed by atoms with Crippen molar-refractivity contribution in [3.8, 4) is 0 Å². The van der Waals surface area contributed by atoms with Crippen LogP contribution in [0, 0.1) is 0 Å². The summed E-state index contributed by atoms with van der Waals surface area (Å²) in [6.45, 7) is 3.35. The Morgan fingerprint density at radius 2 is 0.870 bits per heavy atom. The molecule has 296 valence electrons. The van der Waals surface area contributed by atoms with E-state index in [0.29, 0.717) is 0 Å². The van der Waals surface area contributed by atoms with Crippen molar-refractivity contribution >= 4 is 24.9 Å². The van der Waals surface area contributed by atoms with Gasteiger partial charge < -0.3 is 14.1 Å². The van der Waals surface area contributed by atoms with Crippen molar-refractivity contribution in [2.75, 3.05) is 0 Å². The van der Waals surface area contributed by atoms with E-state index in [1.165, 1.54) is 40.7 Å². The third-order valence-corrected chi connectivity index (χ3v) is 8.91. The van der Waals surface area contributed by atoms with E-state index in [4.69, 9.17) is 9.31 Å². The topological polar surface area (TPSA) is 21.7 Å². The van der Waals surface area contributed by atoms with Crippen molar-refractivity contribution in [3.05, 3.63) is 93.2 Å². The SMILES string of the molecule is CC1=CC=C/C(=C\B(c2c(C(F)(F)F)cc(C(F)(F)F)cc2C(F)(F)F)c2c(C(F)(F)F)cc(C(F)(F)F)cc2C(F)(F)F)N1B1OC(C)(C)C(C)(C)O1. The lowest BCUT2D eigenvalue weighted by Crippen LogP contribution is -2.53. The van der Waals surface area contributed by atoms with E-state index in [0.717, 1.165) is 17.0 Å². The highest BCUT2D eigenvalue weighted by molar-refractivity contribution is 6.90. The molecule has 0 spiro atoms. The van der Waals surface area contributed by atoms with Gasteiger partial charge in [-0.1, -0.05) is 12.1 Å². The molecular formula is C31H23B2F18NO2. The Labute approximate surface area is 294 Å². The van der Waals surface area contributed by atoms with Gasteiger partial charge in [-0.25, -0.2) is 0 Å². The Kier molecular flexibility index (Phi) is 10.5. The van der Waals surface area contributed by atoms with Crippen molar-refractivity contribution in [2.24, 2.45) is 0 Å². The van der Waals surface area contributed by atoms with Crippen LogP contribution in [-0.2, 0) is 46.4 Å². The Bertz CT molecular complexity index is 1700. The monoisotopic (exact) mass is 805 g/mol. The molecule has 2 aliphatic heterocycles. The molecule has 0 radical (unpaired) electrons. The first-order valence-corrected chi connectivity index (χ1v) is 15.0. The molecule has 23 heteroatoms. The lowest BCUT2D eigenvalue weighted by atomic mass is 9.36. The van der Waals surface area contributed by atoms with Crippen LogP contribution in [0.4, 0.5) is 79.0 Å². The molecule has 0 aliphatic carbocycles. The summed E-state index contributed by atoms with van der Waals surface area (Å²) in [5.41, 5.74) is -25.9. The maximum absolute atomic E-state index is 14.7. The zero-order valence-electron chi connectivity index (χ0n) is 27.8. The van der Waals surface area contributed by atoms with Crippen LogP contribution in [0.15, 0.2) is 59.9 Å². The molecule has 4 rings (SSSR count). The van der Waals surface area contributed by atoms with Crippen molar-refractivity contribution < 1.29 is 88.3 Å².